The van der Waals surface area contributed by atoms with Crippen molar-refractivity contribution in [2.45, 2.75) is 40.0 Å². The molecule has 116 valence electrons. The summed E-state index contributed by atoms with van der Waals surface area (Å²) in [6.07, 6.45) is 0. The maximum absolute atomic E-state index is 12.3. The van der Waals surface area contributed by atoms with Gasteiger partial charge in [0.25, 0.3) is 0 Å². The molecule has 0 N–H and O–H groups in total. The molecule has 0 unspecified atom stereocenters. The van der Waals surface area contributed by atoms with Gasteiger partial charge >= 0.3 is 11.9 Å². The lowest BCUT2D eigenvalue weighted by atomic mass is 9.72. The van der Waals surface area contributed by atoms with Crippen molar-refractivity contribution in [1.82, 2.24) is 0 Å². The summed E-state index contributed by atoms with van der Waals surface area (Å²) in [7, 11) is 0. The fourth-order valence-electron chi connectivity index (χ4n) is 2.59. The van der Waals surface area contributed by atoms with Crippen molar-refractivity contribution >= 4 is 11.9 Å². The van der Waals surface area contributed by atoms with E-state index in [1.165, 1.54) is 0 Å². The molecule has 1 rings (SSSR count). The summed E-state index contributed by atoms with van der Waals surface area (Å²) >= 11 is 0. The van der Waals surface area contributed by atoms with Gasteiger partial charge in [0.2, 0.25) is 0 Å². The monoisotopic (exact) mass is 292 g/mol. The third-order valence-electron chi connectivity index (χ3n) is 3.61. The van der Waals surface area contributed by atoms with Crippen LogP contribution in [0.2, 0.25) is 0 Å². The molecule has 0 radical (unpaired) electrons. The van der Waals surface area contributed by atoms with Crippen molar-refractivity contribution in [3.8, 4) is 0 Å². The normalized spacial score (nSPS) is 11.3. The number of rotatable bonds is 6. The maximum atomic E-state index is 12.3. The standard InChI is InChI=1S/C17H24O4/c1-6-20-15(18)14(16(19)21-7-2)17(4,5)13-11-9-8-10-12(13)3/h8-11,14H,6-7H2,1-5H3. The van der Waals surface area contributed by atoms with E-state index in [2.05, 4.69) is 0 Å². The lowest BCUT2D eigenvalue weighted by Crippen LogP contribution is -2.42. The summed E-state index contributed by atoms with van der Waals surface area (Å²) in [5.74, 6) is -2.05. The van der Waals surface area contributed by atoms with Gasteiger partial charge in [0, 0.05) is 5.41 Å². The van der Waals surface area contributed by atoms with Crippen LogP contribution in [0.5, 0.6) is 0 Å². The Morgan fingerprint density at radius 1 is 1.05 bits per heavy atom. The van der Waals surface area contributed by atoms with E-state index in [0.717, 1.165) is 11.1 Å². The molecule has 0 amide bonds. The van der Waals surface area contributed by atoms with Crippen molar-refractivity contribution in [2.24, 2.45) is 5.92 Å². The van der Waals surface area contributed by atoms with Gasteiger partial charge in [-0.05, 0) is 31.9 Å². The highest BCUT2D eigenvalue weighted by molar-refractivity contribution is 5.96. The quantitative estimate of drug-likeness (QED) is 0.597. The summed E-state index contributed by atoms with van der Waals surface area (Å²) < 4.78 is 10.2. The summed E-state index contributed by atoms with van der Waals surface area (Å²) in [6, 6.07) is 7.72. The molecular weight excluding hydrogens is 268 g/mol. The Hall–Kier alpha value is -1.84. The molecule has 0 fully saturated rings. The third kappa shape index (κ3) is 3.84. The van der Waals surface area contributed by atoms with E-state index in [9.17, 15) is 9.59 Å². The van der Waals surface area contributed by atoms with Crippen LogP contribution in [-0.2, 0) is 24.5 Å². The molecule has 4 heteroatoms. The molecule has 0 aromatic heterocycles. The second-order valence-electron chi connectivity index (χ2n) is 5.47. The summed E-state index contributed by atoms with van der Waals surface area (Å²) in [4.78, 5) is 24.5. The molecule has 0 aliphatic carbocycles. The lowest BCUT2D eigenvalue weighted by Gasteiger charge is -2.32. The molecule has 0 aliphatic heterocycles. The predicted molar refractivity (Wildman–Crippen MR) is 81.0 cm³/mol. The summed E-state index contributed by atoms with van der Waals surface area (Å²) in [5, 5.41) is 0. The smallest absolute Gasteiger partial charge is 0.321 e. The topological polar surface area (TPSA) is 52.6 Å². The van der Waals surface area contributed by atoms with Crippen molar-refractivity contribution in [3.05, 3.63) is 35.4 Å². The number of carbonyl (C=O) groups excluding carboxylic acids is 2. The van der Waals surface area contributed by atoms with Gasteiger partial charge < -0.3 is 9.47 Å². The molecule has 4 nitrogen and oxygen atoms in total. The number of hydrogen-bond acceptors (Lipinski definition) is 4. The predicted octanol–water partition coefficient (Wildman–Crippen LogP) is 3.02. The van der Waals surface area contributed by atoms with Crippen LogP contribution in [0.3, 0.4) is 0 Å². The zero-order chi connectivity index (χ0) is 16.0. The maximum Gasteiger partial charge on any atom is 0.321 e. The minimum Gasteiger partial charge on any atom is -0.465 e. The van der Waals surface area contributed by atoms with Crippen molar-refractivity contribution in [2.75, 3.05) is 13.2 Å². The molecular formula is C17H24O4. The summed E-state index contributed by atoms with van der Waals surface area (Å²) in [6.45, 7) is 9.62. The van der Waals surface area contributed by atoms with Crippen LogP contribution < -0.4 is 0 Å². The summed E-state index contributed by atoms with van der Waals surface area (Å²) in [5.41, 5.74) is 1.27. The van der Waals surface area contributed by atoms with Crippen LogP contribution in [0, 0.1) is 12.8 Å². The number of esters is 2. The SMILES string of the molecule is CCOC(=O)C(C(=O)OCC)C(C)(C)c1ccccc1C. The Morgan fingerprint density at radius 2 is 1.52 bits per heavy atom. The van der Waals surface area contributed by atoms with Crippen molar-refractivity contribution in [3.63, 3.8) is 0 Å². The zero-order valence-corrected chi connectivity index (χ0v) is 13.4. The average Bonchev–Trinajstić information content (AvgIpc) is 2.39. The van der Waals surface area contributed by atoms with Gasteiger partial charge in [-0.2, -0.15) is 0 Å². The Morgan fingerprint density at radius 3 is 1.95 bits per heavy atom. The van der Waals surface area contributed by atoms with Crippen molar-refractivity contribution in [1.29, 1.82) is 0 Å². The Labute approximate surface area is 126 Å². The van der Waals surface area contributed by atoms with E-state index >= 15 is 0 Å². The largest absolute Gasteiger partial charge is 0.465 e. The highest BCUT2D eigenvalue weighted by atomic mass is 16.6. The van der Waals surface area contributed by atoms with Crippen LogP contribution in [0.1, 0.15) is 38.8 Å². The first-order valence-corrected chi connectivity index (χ1v) is 7.25. The second kappa shape index (κ2) is 7.25. The van der Waals surface area contributed by atoms with Crippen LogP contribution in [0.4, 0.5) is 0 Å². The first-order chi connectivity index (χ1) is 9.86. The number of ether oxygens (including phenoxy) is 2. The van der Waals surface area contributed by atoms with E-state index < -0.39 is 23.3 Å². The number of benzene rings is 1. The fourth-order valence-corrected chi connectivity index (χ4v) is 2.59. The van der Waals surface area contributed by atoms with E-state index in [1.807, 2.05) is 45.0 Å². The fraction of sp³-hybridized carbons (Fsp3) is 0.529. The number of aryl methyl sites for hydroxylation is 1. The van der Waals surface area contributed by atoms with E-state index in [1.54, 1.807) is 13.8 Å². The minimum atomic E-state index is -0.974. The van der Waals surface area contributed by atoms with Gasteiger partial charge in [0.05, 0.1) is 13.2 Å². The molecule has 21 heavy (non-hydrogen) atoms. The molecule has 0 spiro atoms. The van der Waals surface area contributed by atoms with Crippen LogP contribution in [0.15, 0.2) is 24.3 Å². The van der Waals surface area contributed by atoms with Gasteiger partial charge in [0.15, 0.2) is 5.92 Å². The highest BCUT2D eigenvalue weighted by Crippen LogP contribution is 2.35. The highest BCUT2D eigenvalue weighted by Gasteiger charge is 2.44. The third-order valence-corrected chi connectivity index (χ3v) is 3.61. The lowest BCUT2D eigenvalue weighted by molar-refractivity contribution is -0.164. The second-order valence-corrected chi connectivity index (χ2v) is 5.47. The average molecular weight is 292 g/mol. The van der Waals surface area contributed by atoms with E-state index in [-0.39, 0.29) is 13.2 Å². The number of hydrogen-bond donors (Lipinski definition) is 0. The Bertz CT molecular complexity index is 487. The van der Waals surface area contributed by atoms with E-state index in [0.29, 0.717) is 0 Å². The first kappa shape index (κ1) is 17.2. The molecule has 0 bridgehead atoms. The first-order valence-electron chi connectivity index (χ1n) is 7.25. The Kier molecular flexibility index (Phi) is 5.94. The molecule has 1 aromatic carbocycles. The van der Waals surface area contributed by atoms with Gasteiger partial charge in [-0.3, -0.25) is 9.59 Å². The molecule has 0 saturated carbocycles. The molecule has 0 heterocycles. The van der Waals surface area contributed by atoms with Gasteiger partial charge in [0.1, 0.15) is 0 Å². The number of carbonyl (C=O) groups is 2. The van der Waals surface area contributed by atoms with Crippen LogP contribution >= 0.6 is 0 Å². The van der Waals surface area contributed by atoms with Crippen molar-refractivity contribution < 1.29 is 19.1 Å². The van der Waals surface area contributed by atoms with E-state index in [4.69, 9.17) is 9.47 Å². The van der Waals surface area contributed by atoms with Crippen LogP contribution in [-0.4, -0.2) is 25.2 Å². The van der Waals surface area contributed by atoms with Crippen LogP contribution in [0.25, 0.3) is 0 Å². The molecule has 0 aliphatic rings. The van der Waals surface area contributed by atoms with Gasteiger partial charge in [-0.15, -0.1) is 0 Å². The molecule has 1 aromatic rings. The van der Waals surface area contributed by atoms with Gasteiger partial charge in [-0.1, -0.05) is 38.1 Å². The molecule has 0 atom stereocenters. The van der Waals surface area contributed by atoms with Gasteiger partial charge in [-0.25, -0.2) is 0 Å². The Balaban J connectivity index is 3.26. The minimum absolute atomic E-state index is 0.235. The zero-order valence-electron chi connectivity index (χ0n) is 13.4. The molecule has 0 saturated heterocycles.